The minimum absolute atomic E-state index is 0.00513. The molecule has 3 aromatic rings. The summed E-state index contributed by atoms with van der Waals surface area (Å²) in [4.78, 5) is 8.17. The van der Waals surface area contributed by atoms with Crippen LogP contribution in [0.5, 0.6) is 5.75 Å². The van der Waals surface area contributed by atoms with Crippen molar-refractivity contribution in [2.45, 2.75) is 25.2 Å². The Morgan fingerprint density at radius 1 is 1.22 bits per heavy atom. The number of allylic oxidation sites excluding steroid dienone is 1. The number of phenols is 1. The number of nitrogens with zero attached hydrogens (tertiary/aromatic N) is 5. The molecular formula is C19H17F2N5O. The largest absolute Gasteiger partial charge is 0.507 e. The summed E-state index contributed by atoms with van der Waals surface area (Å²) in [7, 11) is 0. The predicted octanol–water partition coefficient (Wildman–Crippen LogP) is 3.53. The average molecular weight is 369 g/mol. The number of benzene rings is 1. The quantitative estimate of drug-likeness (QED) is 0.761. The molecule has 0 saturated heterocycles. The highest BCUT2D eigenvalue weighted by atomic mass is 19.1. The number of alkyl halides is 2. The van der Waals surface area contributed by atoms with Crippen LogP contribution in [0.1, 0.15) is 18.5 Å². The molecule has 2 aromatic heterocycles. The monoisotopic (exact) mass is 369 g/mol. The van der Waals surface area contributed by atoms with Gasteiger partial charge in [0.1, 0.15) is 23.8 Å². The molecule has 1 aromatic carbocycles. The van der Waals surface area contributed by atoms with Crippen molar-refractivity contribution in [1.29, 1.82) is 0 Å². The Morgan fingerprint density at radius 3 is 2.67 bits per heavy atom. The van der Waals surface area contributed by atoms with Gasteiger partial charge in [0.2, 0.25) is 0 Å². The molecule has 1 saturated carbocycles. The third-order valence-electron chi connectivity index (χ3n) is 4.79. The minimum atomic E-state index is -1.27. The van der Waals surface area contributed by atoms with Gasteiger partial charge < -0.3 is 9.67 Å². The predicted molar refractivity (Wildman–Crippen MR) is 95.6 cm³/mol. The van der Waals surface area contributed by atoms with Crippen LogP contribution in [0.15, 0.2) is 49.7 Å². The molecule has 138 valence electrons. The second-order valence-electron chi connectivity index (χ2n) is 6.55. The van der Waals surface area contributed by atoms with Gasteiger partial charge >= 0.3 is 0 Å². The van der Waals surface area contributed by atoms with Gasteiger partial charge in [-0.05, 0) is 24.1 Å². The highest BCUT2D eigenvalue weighted by molar-refractivity contribution is 5.67. The minimum Gasteiger partial charge on any atom is -0.507 e. The Balaban J connectivity index is 1.56. The van der Waals surface area contributed by atoms with Crippen LogP contribution in [0.2, 0.25) is 0 Å². The zero-order chi connectivity index (χ0) is 19.0. The first kappa shape index (κ1) is 17.3. The van der Waals surface area contributed by atoms with Crippen molar-refractivity contribution < 1.29 is 13.9 Å². The summed E-state index contributed by atoms with van der Waals surface area (Å²) in [5.41, 5.74) is 1.88. The van der Waals surface area contributed by atoms with Crippen molar-refractivity contribution in [2.24, 2.45) is 5.92 Å². The van der Waals surface area contributed by atoms with Gasteiger partial charge in [0.15, 0.2) is 5.82 Å². The van der Waals surface area contributed by atoms with Gasteiger partial charge in [-0.15, -0.1) is 10.2 Å². The highest BCUT2D eigenvalue weighted by Crippen LogP contribution is 2.38. The number of hydrogen-bond donors (Lipinski definition) is 1. The Bertz CT molecular complexity index is 959. The van der Waals surface area contributed by atoms with E-state index in [2.05, 4.69) is 26.7 Å². The van der Waals surface area contributed by atoms with E-state index in [1.54, 1.807) is 41.5 Å². The molecule has 0 aliphatic heterocycles. The molecule has 0 radical (unpaired) electrons. The van der Waals surface area contributed by atoms with Crippen LogP contribution in [0.4, 0.5) is 8.78 Å². The Hall–Kier alpha value is -3.16. The first-order chi connectivity index (χ1) is 13.0. The Morgan fingerprint density at radius 2 is 2.07 bits per heavy atom. The van der Waals surface area contributed by atoms with E-state index in [4.69, 9.17) is 0 Å². The zero-order valence-electron chi connectivity index (χ0n) is 14.3. The van der Waals surface area contributed by atoms with Gasteiger partial charge in [-0.25, -0.2) is 18.7 Å². The van der Waals surface area contributed by atoms with Gasteiger partial charge in [0.25, 0.3) is 0 Å². The van der Waals surface area contributed by atoms with E-state index in [1.807, 2.05) is 0 Å². The maximum atomic E-state index is 13.9. The molecule has 1 fully saturated rings. The summed E-state index contributed by atoms with van der Waals surface area (Å²) in [6.45, 7) is 3.84. The van der Waals surface area contributed by atoms with Crippen molar-refractivity contribution >= 4 is 5.57 Å². The summed E-state index contributed by atoms with van der Waals surface area (Å²) >= 11 is 0. The van der Waals surface area contributed by atoms with E-state index in [0.29, 0.717) is 16.8 Å². The number of aromatic nitrogens is 5. The molecule has 1 aliphatic rings. The number of aromatic hydroxyl groups is 1. The van der Waals surface area contributed by atoms with E-state index in [0.717, 1.165) is 5.69 Å². The first-order valence-electron chi connectivity index (χ1n) is 8.51. The lowest BCUT2D eigenvalue weighted by Crippen LogP contribution is -2.11. The SMILES string of the molecule is C=C(c1cnc(-c2ccc(-n3ccnc3)cc2O)nn1)[C@@H]1C[C@@H](F)C[C@H]1F. The topological polar surface area (TPSA) is 76.7 Å². The molecule has 1 N–H and O–H groups in total. The van der Waals surface area contributed by atoms with Crippen LogP contribution >= 0.6 is 0 Å². The molecule has 2 heterocycles. The molecule has 3 atom stereocenters. The van der Waals surface area contributed by atoms with Crippen LogP contribution in [0, 0.1) is 5.92 Å². The number of hydrogen-bond acceptors (Lipinski definition) is 5. The van der Waals surface area contributed by atoms with Crippen molar-refractivity contribution in [2.75, 3.05) is 0 Å². The third kappa shape index (κ3) is 3.30. The number of imidazole rings is 1. The second-order valence-corrected chi connectivity index (χ2v) is 6.55. The molecule has 0 amide bonds. The van der Waals surface area contributed by atoms with Crippen LogP contribution < -0.4 is 0 Å². The zero-order valence-corrected chi connectivity index (χ0v) is 14.3. The highest BCUT2D eigenvalue weighted by Gasteiger charge is 2.37. The van der Waals surface area contributed by atoms with Crippen LogP contribution in [-0.2, 0) is 0 Å². The van der Waals surface area contributed by atoms with Gasteiger partial charge in [0, 0.05) is 30.8 Å². The van der Waals surface area contributed by atoms with Crippen molar-refractivity contribution in [1.82, 2.24) is 24.7 Å². The fourth-order valence-corrected chi connectivity index (χ4v) is 3.31. The molecular weight excluding hydrogens is 352 g/mol. The number of phenolic OH excluding ortho intramolecular Hbond substituents is 1. The Labute approximate surface area is 154 Å². The molecule has 1 aliphatic carbocycles. The summed E-state index contributed by atoms with van der Waals surface area (Å²) in [6, 6.07) is 5.04. The second kappa shape index (κ2) is 6.86. The summed E-state index contributed by atoms with van der Waals surface area (Å²) in [5, 5.41) is 18.4. The first-order valence-corrected chi connectivity index (χ1v) is 8.51. The Kier molecular flexibility index (Phi) is 4.39. The molecule has 0 spiro atoms. The summed E-state index contributed by atoms with van der Waals surface area (Å²) in [6.07, 6.45) is 4.00. The maximum absolute atomic E-state index is 13.9. The van der Waals surface area contributed by atoms with Crippen LogP contribution in [-0.4, -0.2) is 42.2 Å². The maximum Gasteiger partial charge on any atom is 0.185 e. The lowest BCUT2D eigenvalue weighted by Gasteiger charge is -2.14. The van der Waals surface area contributed by atoms with Crippen molar-refractivity contribution in [3.05, 3.63) is 55.4 Å². The smallest absolute Gasteiger partial charge is 0.185 e. The molecule has 0 unspecified atom stereocenters. The van der Waals surface area contributed by atoms with E-state index in [1.165, 1.54) is 6.20 Å². The van der Waals surface area contributed by atoms with Crippen molar-refractivity contribution in [3.63, 3.8) is 0 Å². The van der Waals surface area contributed by atoms with Crippen molar-refractivity contribution in [3.8, 4) is 22.8 Å². The van der Waals surface area contributed by atoms with Crippen LogP contribution in [0.25, 0.3) is 22.6 Å². The van der Waals surface area contributed by atoms with Gasteiger partial charge in [-0.3, -0.25) is 0 Å². The lowest BCUT2D eigenvalue weighted by molar-refractivity contribution is 0.281. The van der Waals surface area contributed by atoms with E-state index in [-0.39, 0.29) is 24.4 Å². The fraction of sp³-hybridized carbons (Fsp3) is 0.263. The molecule has 8 heteroatoms. The van der Waals surface area contributed by atoms with E-state index < -0.39 is 18.3 Å². The van der Waals surface area contributed by atoms with Gasteiger partial charge in [-0.2, -0.15) is 0 Å². The van der Waals surface area contributed by atoms with Crippen LogP contribution in [0.3, 0.4) is 0 Å². The summed E-state index contributed by atoms with van der Waals surface area (Å²) in [5.74, 6) is -0.382. The summed E-state index contributed by atoms with van der Waals surface area (Å²) < 4.78 is 29.1. The number of halogens is 2. The lowest BCUT2D eigenvalue weighted by atomic mass is 9.95. The van der Waals surface area contributed by atoms with E-state index >= 15 is 0 Å². The molecule has 6 nitrogen and oxygen atoms in total. The van der Waals surface area contributed by atoms with Gasteiger partial charge in [-0.1, -0.05) is 6.58 Å². The third-order valence-corrected chi connectivity index (χ3v) is 4.79. The normalized spacial score (nSPS) is 22.1. The molecule has 0 bridgehead atoms. The molecule has 4 rings (SSSR count). The average Bonchev–Trinajstić information content (AvgIpc) is 3.31. The standard InChI is InChI=1S/C19H17F2N5O/c1-11(15-6-12(20)7-16(15)21)17-9-23-19(25-24-17)14-3-2-13(8-18(14)27)26-5-4-22-10-26/h2-5,8-10,12,15-16,27H,1,6-7H2/t12-,15+,16-/m1/s1. The molecule has 27 heavy (non-hydrogen) atoms. The number of rotatable bonds is 4. The van der Waals surface area contributed by atoms with E-state index in [9.17, 15) is 13.9 Å². The van der Waals surface area contributed by atoms with Gasteiger partial charge in [0.05, 0.1) is 23.8 Å². The fourth-order valence-electron chi connectivity index (χ4n) is 3.31.